The lowest BCUT2D eigenvalue weighted by Crippen LogP contribution is -2.49. The fourth-order valence-corrected chi connectivity index (χ4v) is 6.25. The Hall–Kier alpha value is -3.71. The Balaban J connectivity index is 1.27. The van der Waals surface area contributed by atoms with Crippen LogP contribution in [-0.2, 0) is 21.2 Å². The number of hydrogen-bond donors (Lipinski definition) is 0. The number of ether oxygens (including phenoxy) is 1. The van der Waals surface area contributed by atoms with E-state index in [1.54, 1.807) is 0 Å². The van der Waals surface area contributed by atoms with Crippen LogP contribution >= 0.6 is 0 Å². The molecule has 0 saturated carbocycles. The molecule has 2 aliphatic rings. The lowest BCUT2D eigenvalue weighted by atomic mass is 10.1. The van der Waals surface area contributed by atoms with E-state index in [1.807, 2.05) is 42.2 Å². The molecule has 0 unspecified atom stereocenters. The summed E-state index contributed by atoms with van der Waals surface area (Å²) in [7, 11) is -3.88. The number of alkyl halides is 3. The van der Waals surface area contributed by atoms with Crippen LogP contribution in [0.3, 0.4) is 0 Å². The number of fused-ring (bicyclic) bond motifs is 1. The van der Waals surface area contributed by atoms with E-state index in [0.29, 0.717) is 36.0 Å². The molecule has 39 heavy (non-hydrogen) atoms. The van der Waals surface area contributed by atoms with Gasteiger partial charge < -0.3 is 14.5 Å². The van der Waals surface area contributed by atoms with Crippen molar-refractivity contribution in [3.8, 4) is 17.0 Å². The summed E-state index contributed by atoms with van der Waals surface area (Å²) in [4.78, 5) is 23.1. The molecule has 0 bridgehead atoms. The first-order valence-electron chi connectivity index (χ1n) is 12.4. The van der Waals surface area contributed by atoms with Crippen molar-refractivity contribution in [3.63, 3.8) is 0 Å². The standard InChI is InChI=1S/C26H26F3N5O4S/c1-2-38-20-5-3-18(4-6-20)22-16-24(31-17-30-22)32-11-13-33(14-12-32)39(36,37)21-7-8-23-19(15-21)9-10-34(23)25(35)26(27,28)29/h3-8,15-17H,2,9-14H2,1H3. The first-order valence-corrected chi connectivity index (χ1v) is 13.8. The van der Waals surface area contributed by atoms with Crippen LogP contribution in [0.2, 0.25) is 0 Å². The van der Waals surface area contributed by atoms with Crippen molar-refractivity contribution in [1.82, 2.24) is 14.3 Å². The molecular weight excluding hydrogens is 535 g/mol. The minimum Gasteiger partial charge on any atom is -0.494 e. The molecule has 5 rings (SSSR count). The summed E-state index contributed by atoms with van der Waals surface area (Å²) >= 11 is 0. The zero-order chi connectivity index (χ0) is 27.8. The quantitative estimate of drug-likeness (QED) is 0.455. The Morgan fingerprint density at radius 1 is 0.974 bits per heavy atom. The van der Waals surface area contributed by atoms with Gasteiger partial charge in [0, 0.05) is 50.0 Å². The molecule has 2 aromatic carbocycles. The first-order chi connectivity index (χ1) is 18.6. The van der Waals surface area contributed by atoms with Gasteiger partial charge in [0.2, 0.25) is 10.0 Å². The van der Waals surface area contributed by atoms with Gasteiger partial charge in [-0.1, -0.05) is 0 Å². The Kier molecular flexibility index (Phi) is 7.21. The zero-order valence-electron chi connectivity index (χ0n) is 21.1. The maximum Gasteiger partial charge on any atom is 0.471 e. The first kappa shape index (κ1) is 26.9. The number of aromatic nitrogens is 2. The lowest BCUT2D eigenvalue weighted by Gasteiger charge is -2.34. The number of nitrogens with zero attached hydrogens (tertiary/aromatic N) is 5. The molecule has 3 heterocycles. The summed E-state index contributed by atoms with van der Waals surface area (Å²) in [5.74, 6) is -0.510. The third kappa shape index (κ3) is 5.41. The number of benzene rings is 2. The van der Waals surface area contributed by atoms with E-state index in [1.165, 1.54) is 28.8 Å². The highest BCUT2D eigenvalue weighted by Crippen LogP contribution is 2.34. The van der Waals surface area contributed by atoms with Gasteiger partial charge in [0.1, 0.15) is 17.9 Å². The number of carbonyl (C=O) groups is 1. The number of hydrogen-bond acceptors (Lipinski definition) is 7. The molecule has 0 N–H and O–H groups in total. The second-order valence-corrected chi connectivity index (χ2v) is 11.0. The fourth-order valence-electron chi connectivity index (χ4n) is 4.78. The molecule has 0 aliphatic carbocycles. The number of piperazine rings is 1. The number of amides is 1. The molecule has 13 heteroatoms. The topological polar surface area (TPSA) is 95.9 Å². The Bertz CT molecular complexity index is 1470. The maximum atomic E-state index is 13.3. The average molecular weight is 562 g/mol. The molecule has 0 atom stereocenters. The molecule has 2 aliphatic heterocycles. The molecule has 1 aromatic heterocycles. The Labute approximate surface area is 223 Å². The molecule has 206 valence electrons. The van der Waals surface area contributed by atoms with Crippen LogP contribution in [0.5, 0.6) is 5.75 Å². The largest absolute Gasteiger partial charge is 0.494 e. The van der Waals surface area contributed by atoms with Gasteiger partial charge in [-0.3, -0.25) is 4.79 Å². The number of carbonyl (C=O) groups excluding carboxylic acids is 1. The highest BCUT2D eigenvalue weighted by atomic mass is 32.2. The van der Waals surface area contributed by atoms with Gasteiger partial charge in [0.25, 0.3) is 0 Å². The minimum absolute atomic E-state index is 0.00386. The van der Waals surface area contributed by atoms with Gasteiger partial charge in [0.15, 0.2) is 0 Å². The van der Waals surface area contributed by atoms with E-state index in [2.05, 4.69) is 9.97 Å². The third-order valence-corrected chi connectivity index (χ3v) is 8.64. The van der Waals surface area contributed by atoms with Crippen molar-refractivity contribution in [2.75, 3.05) is 49.1 Å². The highest BCUT2D eigenvalue weighted by molar-refractivity contribution is 7.89. The Morgan fingerprint density at radius 3 is 2.36 bits per heavy atom. The van der Waals surface area contributed by atoms with Gasteiger partial charge in [-0.2, -0.15) is 17.5 Å². The molecule has 0 radical (unpaired) electrons. The molecule has 1 amide bonds. The number of halogens is 3. The van der Waals surface area contributed by atoms with Crippen molar-refractivity contribution in [2.24, 2.45) is 0 Å². The summed E-state index contributed by atoms with van der Waals surface area (Å²) in [6.07, 6.45) is -3.37. The van der Waals surface area contributed by atoms with Crippen molar-refractivity contribution in [2.45, 2.75) is 24.4 Å². The monoisotopic (exact) mass is 561 g/mol. The third-order valence-electron chi connectivity index (χ3n) is 6.75. The molecule has 0 spiro atoms. The highest BCUT2D eigenvalue weighted by Gasteiger charge is 2.45. The number of anilines is 2. The molecule has 1 fully saturated rings. The van der Waals surface area contributed by atoms with Crippen molar-refractivity contribution in [1.29, 1.82) is 0 Å². The zero-order valence-corrected chi connectivity index (χ0v) is 21.9. The Morgan fingerprint density at radius 2 is 1.69 bits per heavy atom. The van der Waals surface area contributed by atoms with Crippen LogP contribution in [0.4, 0.5) is 24.7 Å². The van der Waals surface area contributed by atoms with E-state index in [-0.39, 0.29) is 36.6 Å². The second-order valence-electron chi connectivity index (χ2n) is 9.11. The van der Waals surface area contributed by atoms with Gasteiger partial charge in [-0.25, -0.2) is 18.4 Å². The smallest absolute Gasteiger partial charge is 0.471 e. The van der Waals surface area contributed by atoms with Crippen molar-refractivity contribution in [3.05, 3.63) is 60.4 Å². The number of sulfonamides is 1. The van der Waals surface area contributed by atoms with E-state index >= 15 is 0 Å². The number of rotatable bonds is 6. The van der Waals surface area contributed by atoms with Crippen LogP contribution in [-0.4, -0.2) is 74.1 Å². The summed E-state index contributed by atoms with van der Waals surface area (Å²) < 4.78 is 72.2. The maximum absolute atomic E-state index is 13.3. The van der Waals surface area contributed by atoms with E-state index in [0.717, 1.165) is 17.0 Å². The van der Waals surface area contributed by atoms with Crippen molar-refractivity contribution >= 4 is 27.4 Å². The van der Waals surface area contributed by atoms with Crippen LogP contribution < -0.4 is 14.5 Å². The minimum atomic E-state index is -5.00. The van der Waals surface area contributed by atoms with E-state index in [9.17, 15) is 26.4 Å². The van der Waals surface area contributed by atoms with Crippen LogP contribution in [0.15, 0.2) is 59.8 Å². The predicted molar refractivity (Wildman–Crippen MR) is 138 cm³/mol. The van der Waals surface area contributed by atoms with Crippen LogP contribution in [0.25, 0.3) is 11.3 Å². The molecule has 1 saturated heterocycles. The lowest BCUT2D eigenvalue weighted by molar-refractivity contribution is -0.170. The summed E-state index contributed by atoms with van der Waals surface area (Å²) in [5, 5.41) is 0. The normalized spacial score (nSPS) is 16.3. The molecule has 9 nitrogen and oxygen atoms in total. The predicted octanol–water partition coefficient (Wildman–Crippen LogP) is 3.50. The van der Waals surface area contributed by atoms with Crippen LogP contribution in [0, 0.1) is 0 Å². The van der Waals surface area contributed by atoms with E-state index in [4.69, 9.17) is 4.74 Å². The second kappa shape index (κ2) is 10.5. The molecular formula is C26H26F3N5O4S. The average Bonchev–Trinajstić information content (AvgIpc) is 3.36. The van der Waals surface area contributed by atoms with Gasteiger partial charge in [-0.15, -0.1) is 0 Å². The SMILES string of the molecule is CCOc1ccc(-c2cc(N3CCN(S(=O)(=O)c4ccc5c(c4)CCN5C(=O)C(F)(F)F)CC3)ncn2)cc1. The van der Waals surface area contributed by atoms with E-state index < -0.39 is 22.1 Å². The molecule has 3 aromatic rings. The summed E-state index contributed by atoms with van der Waals surface area (Å²) in [5.41, 5.74) is 2.12. The summed E-state index contributed by atoms with van der Waals surface area (Å²) in [6, 6.07) is 13.3. The van der Waals surface area contributed by atoms with Gasteiger partial charge >= 0.3 is 12.1 Å². The van der Waals surface area contributed by atoms with Gasteiger partial charge in [-0.05, 0) is 61.4 Å². The summed E-state index contributed by atoms with van der Waals surface area (Å²) in [6.45, 7) is 3.57. The van der Waals surface area contributed by atoms with Crippen LogP contribution in [0.1, 0.15) is 12.5 Å². The van der Waals surface area contributed by atoms with Crippen molar-refractivity contribution < 1.29 is 31.1 Å². The fraction of sp³-hybridized carbons (Fsp3) is 0.346. The van der Waals surface area contributed by atoms with Gasteiger partial charge in [0.05, 0.1) is 17.2 Å².